The summed E-state index contributed by atoms with van der Waals surface area (Å²) in [5.74, 6) is 1.77. The zero-order valence-electron chi connectivity index (χ0n) is 32.8. The lowest BCUT2D eigenvalue weighted by Crippen LogP contribution is -2.38. The van der Waals surface area contributed by atoms with Crippen LogP contribution in [-0.2, 0) is 16.1 Å². The van der Waals surface area contributed by atoms with Gasteiger partial charge in [-0.25, -0.2) is 0 Å². The van der Waals surface area contributed by atoms with Crippen LogP contribution in [0.1, 0.15) is 82.4 Å². The molecule has 1 saturated heterocycles. The van der Waals surface area contributed by atoms with Crippen molar-refractivity contribution in [3.8, 4) is 11.4 Å². The maximum atomic E-state index is 13.3. The van der Waals surface area contributed by atoms with Gasteiger partial charge in [0.1, 0.15) is 17.6 Å². The summed E-state index contributed by atoms with van der Waals surface area (Å²) in [4.78, 5) is 46.3. The molecular formula is C44H48ClN7O4Si. The SMILES string of the molecule is CCNC(=O)C[C@@H]1N=C(c2ccc(Cl)cc2)c2cc(OCC(=O)NCc3cccc(C4CCN(C(=O)c5cccc([SiH](C)C)c5)CC4)c3)ccc2-n2c(C)nnc21. The van der Waals surface area contributed by atoms with Gasteiger partial charge < -0.3 is 20.3 Å². The number of rotatable bonds is 12. The van der Waals surface area contributed by atoms with Gasteiger partial charge in [0.25, 0.3) is 11.8 Å². The summed E-state index contributed by atoms with van der Waals surface area (Å²) < 4.78 is 7.99. The molecule has 0 aliphatic carbocycles. The fourth-order valence-electron chi connectivity index (χ4n) is 7.57. The number of piperidine rings is 1. The average Bonchev–Trinajstić information content (AvgIpc) is 3.55. The number of carbonyl (C=O) groups is 3. The Bertz CT molecular complexity index is 2300. The van der Waals surface area contributed by atoms with E-state index in [1.807, 2.05) is 77.9 Å². The number of nitrogens with zero attached hydrogens (tertiary/aromatic N) is 5. The lowest BCUT2D eigenvalue weighted by atomic mass is 9.88. The number of fused-ring (bicyclic) bond motifs is 3. The molecule has 2 aliphatic rings. The van der Waals surface area contributed by atoms with Gasteiger partial charge in [0.2, 0.25) is 5.91 Å². The molecule has 57 heavy (non-hydrogen) atoms. The van der Waals surface area contributed by atoms with E-state index in [0.717, 1.165) is 53.9 Å². The summed E-state index contributed by atoms with van der Waals surface area (Å²) >= 11 is 6.25. The predicted octanol–water partition coefficient (Wildman–Crippen LogP) is 6.06. The van der Waals surface area contributed by atoms with Crippen molar-refractivity contribution in [1.82, 2.24) is 30.3 Å². The van der Waals surface area contributed by atoms with Crippen molar-refractivity contribution in [2.75, 3.05) is 26.2 Å². The number of aliphatic imine (C=N–C) groups is 1. The third-order valence-corrected chi connectivity index (χ3v) is 12.6. The van der Waals surface area contributed by atoms with Gasteiger partial charge in [-0.2, -0.15) is 0 Å². The topological polar surface area (TPSA) is 131 Å². The van der Waals surface area contributed by atoms with Gasteiger partial charge in [0, 0.05) is 47.9 Å². The molecule has 1 aromatic heterocycles. The van der Waals surface area contributed by atoms with Gasteiger partial charge in [-0.05, 0) is 80.1 Å². The highest BCUT2D eigenvalue weighted by molar-refractivity contribution is 6.70. The Morgan fingerprint density at radius 2 is 1.67 bits per heavy atom. The molecule has 3 heterocycles. The monoisotopic (exact) mass is 801 g/mol. The van der Waals surface area contributed by atoms with Crippen LogP contribution in [0.2, 0.25) is 18.1 Å². The van der Waals surface area contributed by atoms with Gasteiger partial charge in [-0.3, -0.25) is 23.9 Å². The second-order valence-corrected chi connectivity index (χ2v) is 18.3. The number of benzene rings is 4. The molecule has 7 rings (SSSR count). The number of nitrogens with one attached hydrogen (secondary N) is 2. The molecule has 1 fully saturated rings. The molecule has 5 aromatic rings. The maximum Gasteiger partial charge on any atom is 0.258 e. The number of carbonyl (C=O) groups excluding carboxylic acids is 3. The van der Waals surface area contributed by atoms with E-state index in [0.29, 0.717) is 47.1 Å². The lowest BCUT2D eigenvalue weighted by Gasteiger charge is -2.32. The van der Waals surface area contributed by atoms with Crippen molar-refractivity contribution in [2.45, 2.75) is 64.7 Å². The molecule has 0 unspecified atom stereocenters. The zero-order valence-corrected chi connectivity index (χ0v) is 34.7. The van der Waals surface area contributed by atoms with Gasteiger partial charge in [0.15, 0.2) is 12.4 Å². The van der Waals surface area contributed by atoms with Crippen molar-refractivity contribution in [3.63, 3.8) is 0 Å². The van der Waals surface area contributed by atoms with Crippen LogP contribution in [0.4, 0.5) is 0 Å². The van der Waals surface area contributed by atoms with E-state index >= 15 is 0 Å². The van der Waals surface area contributed by atoms with Crippen molar-refractivity contribution in [2.24, 2.45) is 4.99 Å². The average molecular weight is 802 g/mol. The van der Waals surface area contributed by atoms with E-state index < -0.39 is 14.8 Å². The first kappa shape index (κ1) is 39.6. The number of hydrogen-bond acceptors (Lipinski definition) is 7. The summed E-state index contributed by atoms with van der Waals surface area (Å²) in [6, 6.07) is 28.9. The fourth-order valence-corrected chi connectivity index (χ4v) is 8.71. The zero-order chi connectivity index (χ0) is 40.1. The van der Waals surface area contributed by atoms with Crippen LogP contribution < -0.4 is 20.6 Å². The first-order chi connectivity index (χ1) is 27.6. The van der Waals surface area contributed by atoms with Crippen LogP contribution >= 0.6 is 11.6 Å². The molecule has 294 valence electrons. The normalized spacial score (nSPS) is 15.3. The fraction of sp³-hybridized carbons (Fsp3) is 0.318. The van der Waals surface area contributed by atoms with E-state index in [1.165, 1.54) is 10.8 Å². The van der Waals surface area contributed by atoms with Gasteiger partial charge in [0.05, 0.1) is 26.6 Å². The van der Waals surface area contributed by atoms with Crippen LogP contribution in [0.25, 0.3) is 5.69 Å². The molecule has 0 bridgehead atoms. The summed E-state index contributed by atoms with van der Waals surface area (Å²) in [5.41, 5.74) is 5.99. The third-order valence-electron chi connectivity index (χ3n) is 10.6. The quantitative estimate of drug-likeness (QED) is 0.148. The van der Waals surface area contributed by atoms with Crippen LogP contribution in [0, 0.1) is 6.92 Å². The minimum Gasteiger partial charge on any atom is -0.484 e. The molecule has 0 spiro atoms. The lowest BCUT2D eigenvalue weighted by molar-refractivity contribution is -0.123. The number of hydrogen-bond donors (Lipinski definition) is 2. The summed E-state index contributed by atoms with van der Waals surface area (Å²) in [5, 5.41) is 16.6. The van der Waals surface area contributed by atoms with Crippen LogP contribution in [0.3, 0.4) is 0 Å². The number of likely N-dealkylation sites (tertiary alicyclic amines) is 1. The van der Waals surface area contributed by atoms with E-state index in [9.17, 15) is 14.4 Å². The van der Waals surface area contributed by atoms with Crippen LogP contribution in [0.15, 0.2) is 96.0 Å². The molecule has 13 heteroatoms. The third kappa shape index (κ3) is 9.18. The highest BCUT2D eigenvalue weighted by Gasteiger charge is 2.30. The second kappa shape index (κ2) is 17.7. The Kier molecular flexibility index (Phi) is 12.3. The molecule has 0 saturated carbocycles. The van der Waals surface area contributed by atoms with Crippen LogP contribution in [-0.4, -0.2) is 78.1 Å². The number of amides is 3. The van der Waals surface area contributed by atoms with Gasteiger partial charge >= 0.3 is 0 Å². The first-order valence-electron chi connectivity index (χ1n) is 19.6. The molecule has 0 radical (unpaired) electrons. The summed E-state index contributed by atoms with van der Waals surface area (Å²) in [7, 11) is -0.988. The van der Waals surface area contributed by atoms with Crippen molar-refractivity contribution < 1.29 is 19.1 Å². The smallest absolute Gasteiger partial charge is 0.258 e. The minimum absolute atomic E-state index is 0.0960. The van der Waals surface area contributed by atoms with E-state index in [4.69, 9.17) is 21.3 Å². The van der Waals surface area contributed by atoms with E-state index in [-0.39, 0.29) is 30.7 Å². The molecule has 2 aliphatic heterocycles. The summed E-state index contributed by atoms with van der Waals surface area (Å²) in [6.07, 6.45) is 1.89. The van der Waals surface area contributed by atoms with Gasteiger partial charge in [-0.1, -0.05) is 84.5 Å². The van der Waals surface area contributed by atoms with Crippen molar-refractivity contribution in [1.29, 1.82) is 0 Å². The van der Waals surface area contributed by atoms with Crippen molar-refractivity contribution >= 4 is 49.0 Å². The Hall–Kier alpha value is -5.59. The van der Waals surface area contributed by atoms with E-state index in [2.05, 4.69) is 58.2 Å². The molecular weight excluding hydrogens is 754 g/mol. The highest BCUT2D eigenvalue weighted by Crippen LogP contribution is 2.35. The van der Waals surface area contributed by atoms with E-state index in [1.54, 1.807) is 12.1 Å². The maximum absolute atomic E-state index is 13.3. The summed E-state index contributed by atoms with van der Waals surface area (Å²) in [6.45, 7) is 10.4. The second-order valence-electron chi connectivity index (χ2n) is 14.9. The molecule has 1 atom stereocenters. The molecule has 4 aromatic carbocycles. The Balaban J connectivity index is 1.00. The molecule has 3 amide bonds. The minimum atomic E-state index is -0.988. The number of halogens is 1. The number of aromatic nitrogens is 3. The first-order valence-corrected chi connectivity index (χ1v) is 22.9. The molecule has 2 N–H and O–H groups in total. The number of aryl methyl sites for hydroxylation is 1. The number of ether oxygens (including phenoxy) is 1. The van der Waals surface area contributed by atoms with Crippen LogP contribution in [0.5, 0.6) is 5.75 Å². The Labute approximate surface area is 340 Å². The standard InChI is InChI=1S/C44H48ClN7O4Si/c1-5-46-40(53)25-38-43-50-49-28(2)52(43)39-17-16-35(24-37(39)42(48-38)31-12-14-34(45)15-13-31)56-27-41(54)47-26-29-8-6-9-32(22-29)30-18-20-51(21-19-30)44(55)33-10-7-11-36(23-33)57(3)4/h6-17,22-24,30,38,57H,5,18-21,25-27H2,1-4H3,(H,46,53)(H,47,54)/t38-/m0/s1. The van der Waals surface area contributed by atoms with Gasteiger partial charge in [-0.15, -0.1) is 10.2 Å². The Morgan fingerprint density at radius 3 is 2.42 bits per heavy atom. The van der Waals surface area contributed by atoms with Crippen molar-refractivity contribution in [3.05, 3.63) is 135 Å². The predicted molar refractivity (Wildman–Crippen MR) is 226 cm³/mol. The Morgan fingerprint density at radius 1 is 0.895 bits per heavy atom. The molecule has 11 nitrogen and oxygen atoms in total. The largest absolute Gasteiger partial charge is 0.484 e. The highest BCUT2D eigenvalue weighted by atomic mass is 35.5.